The molecule has 0 radical (unpaired) electrons. The van der Waals surface area contributed by atoms with Crippen molar-refractivity contribution in [3.63, 3.8) is 0 Å². The first-order valence-electron chi connectivity index (χ1n) is 5.23. The summed E-state index contributed by atoms with van der Waals surface area (Å²) in [6, 6.07) is 6.33. The predicted octanol–water partition coefficient (Wildman–Crippen LogP) is 3.86. The number of anilines is 1. The van der Waals surface area contributed by atoms with Crippen LogP contribution in [0.3, 0.4) is 0 Å². The van der Waals surface area contributed by atoms with Gasteiger partial charge in [-0.3, -0.25) is 0 Å². The summed E-state index contributed by atoms with van der Waals surface area (Å²) < 4.78 is 0. The molecule has 0 fully saturated rings. The van der Waals surface area contributed by atoms with E-state index < -0.39 is 0 Å². The van der Waals surface area contributed by atoms with Gasteiger partial charge in [0.2, 0.25) is 0 Å². The lowest BCUT2D eigenvalue weighted by Gasteiger charge is -2.04. The largest absolute Gasteiger partial charge is 0.398 e. The van der Waals surface area contributed by atoms with Crippen LogP contribution in [0.4, 0.5) is 5.69 Å². The molecule has 78 valence electrons. The summed E-state index contributed by atoms with van der Waals surface area (Å²) in [6.07, 6.45) is 3.92. The zero-order valence-electron chi connectivity index (χ0n) is 9.05. The lowest BCUT2D eigenvalue weighted by molar-refractivity contribution is 0.778. The summed E-state index contributed by atoms with van der Waals surface area (Å²) in [7, 11) is 0. The van der Waals surface area contributed by atoms with E-state index in [1.807, 2.05) is 18.7 Å². The summed E-state index contributed by atoms with van der Waals surface area (Å²) in [4.78, 5) is 1.30. The number of nitrogen functional groups attached to an aromatic ring is 1. The van der Waals surface area contributed by atoms with Crippen molar-refractivity contribution >= 4 is 17.4 Å². The van der Waals surface area contributed by atoms with Crippen molar-refractivity contribution in [3.05, 3.63) is 23.8 Å². The van der Waals surface area contributed by atoms with Crippen molar-refractivity contribution in [1.29, 1.82) is 0 Å². The molecule has 1 aromatic rings. The Balaban J connectivity index is 2.39. The monoisotopic (exact) mass is 209 g/mol. The van der Waals surface area contributed by atoms with Gasteiger partial charge < -0.3 is 5.73 Å². The molecule has 1 rings (SSSR count). The van der Waals surface area contributed by atoms with Gasteiger partial charge in [0.05, 0.1) is 0 Å². The van der Waals surface area contributed by atoms with Crippen LogP contribution in [0.2, 0.25) is 0 Å². The number of rotatable bonds is 5. The Hall–Kier alpha value is -0.630. The fraction of sp³-hybridized carbons (Fsp3) is 0.500. The minimum Gasteiger partial charge on any atom is -0.398 e. The van der Waals surface area contributed by atoms with Crippen LogP contribution in [0.25, 0.3) is 0 Å². The summed E-state index contributed by atoms with van der Waals surface area (Å²) in [5.74, 6) is 1.20. The first-order valence-corrected chi connectivity index (χ1v) is 6.21. The molecular weight excluding hydrogens is 190 g/mol. The minimum absolute atomic E-state index is 0.908. The highest BCUT2D eigenvalue weighted by atomic mass is 32.2. The van der Waals surface area contributed by atoms with Gasteiger partial charge in [-0.15, -0.1) is 11.8 Å². The first kappa shape index (κ1) is 11.4. The lowest BCUT2D eigenvalue weighted by atomic mass is 10.2. The van der Waals surface area contributed by atoms with E-state index in [1.165, 1.54) is 35.5 Å². The van der Waals surface area contributed by atoms with Crippen LogP contribution in [0.15, 0.2) is 23.1 Å². The third kappa shape index (κ3) is 3.62. The van der Waals surface area contributed by atoms with Crippen molar-refractivity contribution in [1.82, 2.24) is 0 Å². The fourth-order valence-corrected chi connectivity index (χ4v) is 2.21. The maximum atomic E-state index is 5.84. The maximum absolute atomic E-state index is 5.84. The van der Waals surface area contributed by atoms with E-state index in [1.54, 1.807) is 0 Å². The smallest absolute Gasteiger partial charge is 0.0354 e. The molecule has 0 bridgehead atoms. The zero-order valence-corrected chi connectivity index (χ0v) is 9.86. The van der Waals surface area contributed by atoms with Gasteiger partial charge in [0.1, 0.15) is 0 Å². The summed E-state index contributed by atoms with van der Waals surface area (Å²) >= 11 is 1.90. The second kappa shape index (κ2) is 5.97. The minimum atomic E-state index is 0.908. The van der Waals surface area contributed by atoms with Gasteiger partial charge in [-0.25, -0.2) is 0 Å². The lowest BCUT2D eigenvalue weighted by Crippen LogP contribution is -1.89. The molecule has 0 saturated carbocycles. The number of aryl methyl sites for hydroxylation is 1. The van der Waals surface area contributed by atoms with Crippen LogP contribution in [-0.2, 0) is 0 Å². The van der Waals surface area contributed by atoms with Crippen molar-refractivity contribution < 1.29 is 0 Å². The Morgan fingerprint density at radius 2 is 2.07 bits per heavy atom. The third-order valence-corrected chi connectivity index (χ3v) is 3.35. The molecule has 0 saturated heterocycles. The molecular formula is C12H19NS. The van der Waals surface area contributed by atoms with E-state index in [4.69, 9.17) is 5.73 Å². The summed E-state index contributed by atoms with van der Waals surface area (Å²) in [5, 5.41) is 0. The van der Waals surface area contributed by atoms with Crippen molar-refractivity contribution in [2.45, 2.75) is 38.0 Å². The van der Waals surface area contributed by atoms with E-state index in [9.17, 15) is 0 Å². The molecule has 0 heterocycles. The van der Waals surface area contributed by atoms with Crippen LogP contribution in [0.5, 0.6) is 0 Å². The highest BCUT2D eigenvalue weighted by Crippen LogP contribution is 2.23. The van der Waals surface area contributed by atoms with E-state index in [2.05, 4.69) is 25.1 Å². The number of unbranched alkanes of at least 4 members (excludes halogenated alkanes) is 2. The SMILES string of the molecule is CCCCCSc1ccc(C)c(N)c1. The van der Waals surface area contributed by atoms with E-state index in [-0.39, 0.29) is 0 Å². The van der Waals surface area contributed by atoms with Crippen LogP contribution in [0.1, 0.15) is 31.7 Å². The van der Waals surface area contributed by atoms with Crippen LogP contribution in [-0.4, -0.2) is 5.75 Å². The standard InChI is InChI=1S/C12H19NS/c1-3-4-5-8-14-11-7-6-10(2)12(13)9-11/h6-7,9H,3-5,8,13H2,1-2H3. The molecule has 0 aliphatic carbocycles. The van der Waals surface area contributed by atoms with Gasteiger partial charge in [0.25, 0.3) is 0 Å². The normalized spacial score (nSPS) is 10.4. The van der Waals surface area contributed by atoms with Gasteiger partial charge in [0.15, 0.2) is 0 Å². The second-order valence-electron chi connectivity index (χ2n) is 3.57. The average Bonchev–Trinajstić information content (AvgIpc) is 2.18. The Kier molecular flexibility index (Phi) is 4.88. The van der Waals surface area contributed by atoms with Gasteiger partial charge in [-0.2, -0.15) is 0 Å². The van der Waals surface area contributed by atoms with Crippen molar-refractivity contribution in [2.24, 2.45) is 0 Å². The molecule has 2 N–H and O–H groups in total. The summed E-state index contributed by atoms with van der Waals surface area (Å²) in [5.41, 5.74) is 7.91. The van der Waals surface area contributed by atoms with Crippen LogP contribution >= 0.6 is 11.8 Å². The van der Waals surface area contributed by atoms with Gasteiger partial charge in [0, 0.05) is 10.6 Å². The van der Waals surface area contributed by atoms with Crippen molar-refractivity contribution in [2.75, 3.05) is 11.5 Å². The van der Waals surface area contributed by atoms with Gasteiger partial charge in [-0.1, -0.05) is 25.8 Å². The molecule has 14 heavy (non-hydrogen) atoms. The molecule has 0 spiro atoms. The Labute approximate surface area is 91.1 Å². The fourth-order valence-electron chi connectivity index (χ4n) is 1.25. The van der Waals surface area contributed by atoms with Gasteiger partial charge in [-0.05, 0) is 36.8 Å². The molecule has 1 aromatic carbocycles. The Morgan fingerprint density at radius 1 is 1.29 bits per heavy atom. The summed E-state index contributed by atoms with van der Waals surface area (Å²) in [6.45, 7) is 4.27. The van der Waals surface area contributed by atoms with E-state index >= 15 is 0 Å². The Bertz CT molecular complexity index is 284. The molecule has 2 heteroatoms. The topological polar surface area (TPSA) is 26.0 Å². The quantitative estimate of drug-likeness (QED) is 0.453. The second-order valence-corrected chi connectivity index (χ2v) is 4.74. The Morgan fingerprint density at radius 3 is 2.71 bits per heavy atom. The van der Waals surface area contributed by atoms with E-state index in [0.717, 1.165) is 5.69 Å². The molecule has 0 atom stereocenters. The first-order chi connectivity index (χ1) is 6.74. The molecule has 0 unspecified atom stereocenters. The average molecular weight is 209 g/mol. The number of benzene rings is 1. The number of hydrogen-bond donors (Lipinski definition) is 1. The van der Waals surface area contributed by atoms with Crippen LogP contribution < -0.4 is 5.73 Å². The highest BCUT2D eigenvalue weighted by Gasteiger charge is 1.97. The number of nitrogens with two attached hydrogens (primary N) is 1. The van der Waals surface area contributed by atoms with Crippen molar-refractivity contribution in [3.8, 4) is 0 Å². The third-order valence-electron chi connectivity index (χ3n) is 2.27. The van der Waals surface area contributed by atoms with Gasteiger partial charge >= 0.3 is 0 Å². The molecule has 1 nitrogen and oxygen atoms in total. The zero-order chi connectivity index (χ0) is 10.4. The molecule has 0 aliphatic rings. The van der Waals surface area contributed by atoms with E-state index in [0.29, 0.717) is 0 Å². The highest BCUT2D eigenvalue weighted by molar-refractivity contribution is 7.99. The number of thioether (sulfide) groups is 1. The molecule has 0 aromatic heterocycles. The molecule has 0 aliphatic heterocycles. The predicted molar refractivity (Wildman–Crippen MR) is 65.8 cm³/mol. The molecule has 0 amide bonds. The van der Waals surface area contributed by atoms with Crippen LogP contribution in [0, 0.1) is 6.92 Å². The number of hydrogen-bond acceptors (Lipinski definition) is 2. The maximum Gasteiger partial charge on any atom is 0.0354 e.